The molecule has 0 aliphatic carbocycles. The molecule has 0 saturated heterocycles. The molecule has 0 radical (unpaired) electrons. The van der Waals surface area contributed by atoms with Crippen LogP contribution in [-0.2, 0) is 6.42 Å². The Kier molecular flexibility index (Phi) is 4.10. The summed E-state index contributed by atoms with van der Waals surface area (Å²) in [4.78, 5) is 4.74. The molecule has 1 unspecified atom stereocenters. The number of hydrogen-bond acceptors (Lipinski definition) is 3. The quantitative estimate of drug-likeness (QED) is 0.900. The van der Waals surface area contributed by atoms with Crippen molar-refractivity contribution in [3.8, 4) is 5.75 Å². The summed E-state index contributed by atoms with van der Waals surface area (Å²) in [5.41, 5.74) is 8.01. The number of nitrogens with zero attached hydrogens (tertiary/aromatic N) is 2. The molecule has 1 atom stereocenters. The second-order valence-corrected chi connectivity index (χ2v) is 5.36. The highest BCUT2D eigenvalue weighted by Gasteiger charge is 2.14. The molecule has 0 aliphatic heterocycles. The van der Waals surface area contributed by atoms with Crippen molar-refractivity contribution in [2.24, 2.45) is 5.73 Å². The number of benzene rings is 1. The summed E-state index contributed by atoms with van der Waals surface area (Å²) in [6.45, 7) is 6.40. The minimum Gasteiger partial charge on any atom is -0.497 e. The highest BCUT2D eigenvalue weighted by molar-refractivity contribution is 5.78. The van der Waals surface area contributed by atoms with Crippen molar-refractivity contribution in [3.05, 3.63) is 24.0 Å². The molecule has 4 nitrogen and oxygen atoms in total. The van der Waals surface area contributed by atoms with Crippen LogP contribution in [0.15, 0.2) is 18.2 Å². The first-order chi connectivity index (χ1) is 9.02. The fourth-order valence-electron chi connectivity index (χ4n) is 2.36. The predicted octanol–water partition coefficient (Wildman–Crippen LogP) is 2.91. The van der Waals surface area contributed by atoms with Crippen molar-refractivity contribution in [2.75, 3.05) is 7.11 Å². The Hall–Kier alpha value is -1.55. The zero-order valence-electron chi connectivity index (χ0n) is 12.2. The highest BCUT2D eigenvalue weighted by Crippen LogP contribution is 2.25. The lowest BCUT2D eigenvalue weighted by molar-refractivity contribution is 0.415. The molecule has 2 aromatic rings. The molecule has 2 N–H and O–H groups in total. The largest absolute Gasteiger partial charge is 0.497 e. The summed E-state index contributed by atoms with van der Waals surface area (Å²) in [6.07, 6.45) is 1.86. The molecule has 0 amide bonds. The van der Waals surface area contributed by atoms with Gasteiger partial charge in [0.25, 0.3) is 0 Å². The van der Waals surface area contributed by atoms with Crippen molar-refractivity contribution in [3.63, 3.8) is 0 Å². The van der Waals surface area contributed by atoms with Gasteiger partial charge in [-0.15, -0.1) is 0 Å². The average Bonchev–Trinajstić information content (AvgIpc) is 2.73. The summed E-state index contributed by atoms with van der Waals surface area (Å²) in [6, 6.07) is 6.65. The minimum atomic E-state index is 0.204. The lowest BCUT2D eigenvalue weighted by Gasteiger charge is -2.13. The third-order valence-electron chi connectivity index (χ3n) is 3.31. The van der Waals surface area contributed by atoms with Crippen molar-refractivity contribution in [1.29, 1.82) is 0 Å². The van der Waals surface area contributed by atoms with E-state index >= 15 is 0 Å². The molecule has 0 fully saturated rings. The maximum absolute atomic E-state index is 5.85. The summed E-state index contributed by atoms with van der Waals surface area (Å²) in [7, 11) is 1.68. The van der Waals surface area contributed by atoms with Crippen molar-refractivity contribution >= 4 is 11.0 Å². The van der Waals surface area contributed by atoms with Crippen LogP contribution >= 0.6 is 0 Å². The third kappa shape index (κ3) is 2.89. The number of fused-ring (bicyclic) bond motifs is 1. The van der Waals surface area contributed by atoms with E-state index < -0.39 is 0 Å². The van der Waals surface area contributed by atoms with Gasteiger partial charge >= 0.3 is 0 Å². The molecule has 0 saturated carbocycles. The monoisotopic (exact) mass is 261 g/mol. The summed E-state index contributed by atoms with van der Waals surface area (Å²) in [5, 5.41) is 0. The number of imidazole rings is 1. The van der Waals surface area contributed by atoms with Gasteiger partial charge in [-0.3, -0.25) is 0 Å². The molecule has 4 heteroatoms. The first-order valence-corrected chi connectivity index (χ1v) is 6.83. The van der Waals surface area contributed by atoms with E-state index in [4.69, 9.17) is 15.5 Å². The molecule has 1 heterocycles. The summed E-state index contributed by atoms with van der Waals surface area (Å²) >= 11 is 0. The first kappa shape index (κ1) is 13.9. The number of methoxy groups -OCH3 is 1. The lowest BCUT2D eigenvalue weighted by atomic mass is 10.2. The predicted molar refractivity (Wildman–Crippen MR) is 78.6 cm³/mol. The van der Waals surface area contributed by atoms with Gasteiger partial charge in [0, 0.05) is 24.6 Å². The highest BCUT2D eigenvalue weighted by atomic mass is 16.5. The Morgan fingerprint density at radius 3 is 2.63 bits per heavy atom. The Balaban J connectivity index is 2.46. The molecular weight excluding hydrogens is 238 g/mol. The molecule has 1 aromatic heterocycles. The van der Waals surface area contributed by atoms with Crippen LogP contribution < -0.4 is 10.5 Å². The molecule has 104 valence electrons. The molecule has 2 rings (SSSR count). The molecule has 19 heavy (non-hydrogen) atoms. The molecule has 0 bridgehead atoms. The van der Waals surface area contributed by atoms with E-state index in [2.05, 4.69) is 24.5 Å². The minimum absolute atomic E-state index is 0.204. The number of ether oxygens (including phenoxy) is 1. The molecule has 1 aromatic carbocycles. The SMILES string of the molecule is COc1ccc2c(c1)nc(CCC(C)N)n2C(C)C. The van der Waals surface area contributed by atoms with E-state index in [0.717, 1.165) is 35.4 Å². The standard InChI is InChI=1S/C15H23N3O/c1-10(2)18-14-7-6-12(19-4)9-13(14)17-15(18)8-5-11(3)16/h6-7,9-11H,5,8,16H2,1-4H3. The van der Waals surface area contributed by atoms with Crippen LogP contribution in [0.25, 0.3) is 11.0 Å². The Morgan fingerprint density at radius 2 is 2.05 bits per heavy atom. The van der Waals surface area contributed by atoms with Crippen molar-refractivity contribution in [1.82, 2.24) is 9.55 Å². The van der Waals surface area contributed by atoms with E-state index in [-0.39, 0.29) is 6.04 Å². The Bertz CT molecular complexity index is 558. The van der Waals surface area contributed by atoms with Crippen molar-refractivity contribution in [2.45, 2.75) is 45.7 Å². The zero-order chi connectivity index (χ0) is 14.0. The van der Waals surface area contributed by atoms with Crippen LogP contribution in [0.2, 0.25) is 0 Å². The van der Waals surface area contributed by atoms with Gasteiger partial charge in [-0.2, -0.15) is 0 Å². The van der Waals surface area contributed by atoms with Crippen LogP contribution in [0.3, 0.4) is 0 Å². The number of hydrogen-bond donors (Lipinski definition) is 1. The Labute approximate surface area is 114 Å². The second-order valence-electron chi connectivity index (χ2n) is 5.36. The van der Waals surface area contributed by atoms with E-state index in [1.54, 1.807) is 7.11 Å². The maximum atomic E-state index is 5.85. The van der Waals surface area contributed by atoms with E-state index in [0.29, 0.717) is 6.04 Å². The average molecular weight is 261 g/mol. The topological polar surface area (TPSA) is 53.1 Å². The Morgan fingerprint density at radius 1 is 1.32 bits per heavy atom. The summed E-state index contributed by atoms with van der Waals surface area (Å²) < 4.78 is 7.55. The van der Waals surface area contributed by atoms with Gasteiger partial charge in [0.2, 0.25) is 0 Å². The second kappa shape index (κ2) is 5.61. The van der Waals surface area contributed by atoms with E-state index in [1.807, 2.05) is 19.1 Å². The van der Waals surface area contributed by atoms with E-state index in [9.17, 15) is 0 Å². The molecular formula is C15H23N3O. The van der Waals surface area contributed by atoms with Crippen LogP contribution in [0.1, 0.15) is 39.1 Å². The van der Waals surface area contributed by atoms with Crippen LogP contribution in [0, 0.1) is 0 Å². The van der Waals surface area contributed by atoms with Crippen LogP contribution in [-0.4, -0.2) is 22.7 Å². The number of aromatic nitrogens is 2. The van der Waals surface area contributed by atoms with E-state index in [1.165, 1.54) is 0 Å². The number of nitrogens with two attached hydrogens (primary N) is 1. The number of aryl methyl sites for hydroxylation is 1. The van der Waals surface area contributed by atoms with Crippen molar-refractivity contribution < 1.29 is 4.74 Å². The first-order valence-electron chi connectivity index (χ1n) is 6.83. The maximum Gasteiger partial charge on any atom is 0.121 e. The van der Waals surface area contributed by atoms with Gasteiger partial charge in [0.15, 0.2) is 0 Å². The smallest absolute Gasteiger partial charge is 0.121 e. The molecule has 0 spiro atoms. The van der Waals surface area contributed by atoms with Gasteiger partial charge in [0.1, 0.15) is 11.6 Å². The fraction of sp³-hybridized carbons (Fsp3) is 0.533. The van der Waals surface area contributed by atoms with Gasteiger partial charge < -0.3 is 15.0 Å². The zero-order valence-corrected chi connectivity index (χ0v) is 12.2. The fourth-order valence-corrected chi connectivity index (χ4v) is 2.36. The van der Waals surface area contributed by atoms with Gasteiger partial charge in [-0.1, -0.05) is 0 Å². The molecule has 0 aliphatic rings. The van der Waals surface area contributed by atoms with Crippen LogP contribution in [0.4, 0.5) is 0 Å². The van der Waals surface area contributed by atoms with Crippen LogP contribution in [0.5, 0.6) is 5.75 Å². The third-order valence-corrected chi connectivity index (χ3v) is 3.31. The summed E-state index contributed by atoms with van der Waals surface area (Å²) in [5.74, 6) is 1.95. The van der Waals surface area contributed by atoms with Gasteiger partial charge in [-0.05, 0) is 39.3 Å². The van der Waals surface area contributed by atoms with Gasteiger partial charge in [0.05, 0.1) is 18.1 Å². The van der Waals surface area contributed by atoms with Gasteiger partial charge in [-0.25, -0.2) is 4.98 Å². The number of rotatable bonds is 5. The lowest BCUT2D eigenvalue weighted by Crippen LogP contribution is -2.17. The normalized spacial score (nSPS) is 13.2.